The number of ether oxygens (including phenoxy) is 2. The van der Waals surface area contributed by atoms with Crippen LogP contribution < -0.4 is 9.64 Å². The molecule has 2 saturated carbocycles. The van der Waals surface area contributed by atoms with Crippen LogP contribution in [0.25, 0.3) is 0 Å². The van der Waals surface area contributed by atoms with Gasteiger partial charge in [-0.05, 0) is 90.8 Å². The summed E-state index contributed by atoms with van der Waals surface area (Å²) in [5.41, 5.74) is 2.35. The summed E-state index contributed by atoms with van der Waals surface area (Å²) < 4.78 is 10.6. The van der Waals surface area contributed by atoms with Gasteiger partial charge in [0.2, 0.25) is 11.8 Å². The molecule has 3 fully saturated rings. The molecule has 2 bridgehead atoms. The lowest BCUT2D eigenvalue weighted by atomic mass is 9.73. The molecular formula is C37H29NO7. The Hall–Kier alpha value is -5.37. The smallest absolute Gasteiger partial charge is 0.343 e. The van der Waals surface area contributed by atoms with Crippen LogP contribution in [0.3, 0.4) is 0 Å². The first-order valence-electron chi connectivity index (χ1n) is 15.0. The van der Waals surface area contributed by atoms with Crippen molar-refractivity contribution in [2.45, 2.75) is 18.8 Å². The number of carbonyl (C=O) groups excluding carboxylic acids is 5. The number of rotatable bonds is 8. The van der Waals surface area contributed by atoms with Crippen LogP contribution in [0.15, 0.2) is 109 Å². The highest BCUT2D eigenvalue weighted by Crippen LogP contribution is 2.61. The maximum Gasteiger partial charge on any atom is 0.343 e. The van der Waals surface area contributed by atoms with Crippen molar-refractivity contribution in [1.29, 1.82) is 0 Å². The molecule has 0 unspecified atom stereocenters. The van der Waals surface area contributed by atoms with E-state index < -0.39 is 24.3 Å². The van der Waals surface area contributed by atoms with E-state index in [4.69, 9.17) is 9.47 Å². The lowest BCUT2D eigenvalue weighted by Crippen LogP contribution is -2.33. The van der Waals surface area contributed by atoms with Crippen molar-refractivity contribution in [2.24, 2.45) is 23.7 Å². The monoisotopic (exact) mass is 599 g/mol. The Morgan fingerprint density at radius 2 is 1.33 bits per heavy atom. The fourth-order valence-corrected chi connectivity index (χ4v) is 7.32. The van der Waals surface area contributed by atoms with E-state index >= 15 is 0 Å². The van der Waals surface area contributed by atoms with Crippen molar-refractivity contribution >= 4 is 35.2 Å². The fraction of sp³-hybridized carbons (Fsp3) is 0.216. The van der Waals surface area contributed by atoms with Crippen LogP contribution in [0, 0.1) is 23.7 Å². The second kappa shape index (κ2) is 11.6. The predicted molar refractivity (Wildman–Crippen MR) is 164 cm³/mol. The number of ketones is 1. The molecule has 2 aliphatic carbocycles. The second-order valence-corrected chi connectivity index (χ2v) is 11.8. The Kier molecular flexibility index (Phi) is 7.33. The van der Waals surface area contributed by atoms with E-state index in [-0.39, 0.29) is 58.3 Å². The molecule has 45 heavy (non-hydrogen) atoms. The Bertz CT molecular complexity index is 1800. The largest absolute Gasteiger partial charge is 0.454 e. The van der Waals surface area contributed by atoms with Crippen LogP contribution in [0.2, 0.25) is 0 Å². The van der Waals surface area contributed by atoms with Gasteiger partial charge in [-0.3, -0.25) is 19.3 Å². The SMILES string of the molecule is O=C(COC(=O)c1cccc(N2C(=O)[C@@H]3[C@H]4C[C@H]([C@H]3C2=O)[C@H](c2ccccc2)C4)c1)c1ccc(OC(=O)c2ccccc2)cc1. The van der Waals surface area contributed by atoms with Gasteiger partial charge in [-0.15, -0.1) is 0 Å². The molecule has 1 aliphatic heterocycles. The van der Waals surface area contributed by atoms with E-state index in [9.17, 15) is 24.0 Å². The Balaban J connectivity index is 0.985. The summed E-state index contributed by atoms with van der Waals surface area (Å²) in [4.78, 5) is 66.4. The summed E-state index contributed by atoms with van der Waals surface area (Å²) in [6.07, 6.45) is 1.77. The molecule has 2 amide bonds. The van der Waals surface area contributed by atoms with E-state index in [1.165, 1.54) is 46.9 Å². The number of benzene rings is 4. The lowest BCUT2D eigenvalue weighted by Gasteiger charge is -2.28. The summed E-state index contributed by atoms with van der Waals surface area (Å²) in [7, 11) is 0. The van der Waals surface area contributed by atoms with E-state index in [2.05, 4.69) is 12.1 Å². The highest BCUT2D eigenvalue weighted by Gasteiger charge is 2.64. The van der Waals surface area contributed by atoms with Crippen molar-refractivity contribution in [2.75, 3.05) is 11.5 Å². The molecule has 8 nitrogen and oxygen atoms in total. The number of hydrogen-bond donors (Lipinski definition) is 0. The van der Waals surface area contributed by atoms with Gasteiger partial charge < -0.3 is 9.47 Å². The zero-order chi connectivity index (χ0) is 31.1. The molecule has 0 N–H and O–H groups in total. The second-order valence-electron chi connectivity index (χ2n) is 11.8. The van der Waals surface area contributed by atoms with Crippen LogP contribution in [0.5, 0.6) is 5.75 Å². The zero-order valence-electron chi connectivity index (χ0n) is 24.2. The normalized spacial score (nSPS) is 23.1. The van der Waals surface area contributed by atoms with Crippen LogP contribution in [-0.2, 0) is 14.3 Å². The molecule has 224 valence electrons. The molecular weight excluding hydrogens is 570 g/mol. The topological polar surface area (TPSA) is 107 Å². The average Bonchev–Trinajstić information content (AvgIpc) is 3.75. The maximum absolute atomic E-state index is 13.7. The minimum absolute atomic E-state index is 0.119. The number of nitrogens with zero attached hydrogens (tertiary/aromatic N) is 1. The number of Topliss-reactive ketones (excluding diaryl/α,β-unsaturated/α-hetero) is 1. The van der Waals surface area contributed by atoms with Crippen molar-refractivity contribution in [3.05, 3.63) is 131 Å². The van der Waals surface area contributed by atoms with Crippen molar-refractivity contribution in [1.82, 2.24) is 0 Å². The minimum atomic E-state index is -0.748. The van der Waals surface area contributed by atoms with Gasteiger partial charge in [-0.1, -0.05) is 54.6 Å². The molecule has 3 aliphatic rings. The summed E-state index contributed by atoms with van der Waals surface area (Å²) >= 11 is 0. The van der Waals surface area contributed by atoms with Gasteiger partial charge >= 0.3 is 11.9 Å². The molecule has 1 heterocycles. The number of anilines is 1. The molecule has 0 spiro atoms. The van der Waals surface area contributed by atoms with Gasteiger partial charge in [-0.25, -0.2) is 9.59 Å². The molecule has 4 aromatic rings. The molecule has 0 aromatic heterocycles. The van der Waals surface area contributed by atoms with Gasteiger partial charge in [0.05, 0.1) is 28.7 Å². The third-order valence-electron chi connectivity index (χ3n) is 9.31. The first-order chi connectivity index (χ1) is 21.9. The number of carbonyl (C=O) groups is 5. The number of fused-ring (bicyclic) bond motifs is 5. The summed E-state index contributed by atoms with van der Waals surface area (Å²) in [6, 6.07) is 30.9. The number of hydrogen-bond acceptors (Lipinski definition) is 7. The van der Waals surface area contributed by atoms with Crippen LogP contribution >= 0.6 is 0 Å². The van der Waals surface area contributed by atoms with E-state index in [0.717, 1.165) is 12.8 Å². The fourth-order valence-electron chi connectivity index (χ4n) is 7.32. The molecule has 4 aromatic carbocycles. The predicted octanol–water partition coefficient (Wildman–Crippen LogP) is 5.87. The summed E-state index contributed by atoms with van der Waals surface area (Å²) in [5, 5.41) is 0. The van der Waals surface area contributed by atoms with Gasteiger partial charge in [0.1, 0.15) is 5.75 Å². The van der Waals surface area contributed by atoms with Crippen molar-refractivity contribution in [3.8, 4) is 5.75 Å². The van der Waals surface area contributed by atoms with Crippen LogP contribution in [0.1, 0.15) is 55.4 Å². The molecule has 1 saturated heterocycles. The quantitative estimate of drug-likeness (QED) is 0.108. The van der Waals surface area contributed by atoms with E-state index in [1.807, 2.05) is 18.2 Å². The standard InChI is InChI=1S/C37H29NO7/c39-31(23-14-16-28(17-15-23)45-37(43)24-10-5-2-6-11-24)21-44-36(42)25-12-7-13-27(18-25)38-34(40)32-26-19-29(22-8-3-1-4-9-22)30(20-26)33(32)35(38)41/h1-18,26,29-30,32-33H,19-21H2/t26-,29+,30+,32-,33-/m1/s1. The van der Waals surface area contributed by atoms with Gasteiger partial charge in [-0.2, -0.15) is 0 Å². The van der Waals surface area contributed by atoms with Crippen molar-refractivity contribution < 1.29 is 33.4 Å². The molecule has 7 rings (SSSR count). The molecule has 8 heteroatoms. The number of esters is 2. The van der Waals surface area contributed by atoms with Crippen LogP contribution in [-0.4, -0.2) is 36.1 Å². The Morgan fingerprint density at radius 3 is 2.07 bits per heavy atom. The third kappa shape index (κ3) is 5.22. The van der Waals surface area contributed by atoms with E-state index in [1.54, 1.807) is 42.5 Å². The van der Waals surface area contributed by atoms with Gasteiger partial charge in [0.15, 0.2) is 12.4 Å². The first-order valence-corrected chi connectivity index (χ1v) is 15.0. The van der Waals surface area contributed by atoms with Crippen molar-refractivity contribution in [3.63, 3.8) is 0 Å². The lowest BCUT2D eigenvalue weighted by molar-refractivity contribution is -0.123. The third-order valence-corrected chi connectivity index (χ3v) is 9.31. The summed E-state index contributed by atoms with van der Waals surface area (Å²) in [5.74, 6) is -2.00. The average molecular weight is 600 g/mol. The van der Waals surface area contributed by atoms with Crippen LogP contribution in [0.4, 0.5) is 5.69 Å². The number of amides is 2. The van der Waals surface area contributed by atoms with Gasteiger partial charge in [0.25, 0.3) is 0 Å². The van der Waals surface area contributed by atoms with Gasteiger partial charge in [0, 0.05) is 5.56 Å². The minimum Gasteiger partial charge on any atom is -0.454 e. The first kappa shape index (κ1) is 28.4. The maximum atomic E-state index is 13.7. The Morgan fingerprint density at radius 1 is 0.667 bits per heavy atom. The Labute approximate surface area is 259 Å². The summed E-state index contributed by atoms with van der Waals surface area (Å²) in [6.45, 7) is -0.512. The zero-order valence-corrected chi connectivity index (χ0v) is 24.2. The van der Waals surface area contributed by atoms with E-state index in [0.29, 0.717) is 11.3 Å². The number of imide groups is 1. The molecule has 5 atom stereocenters. The molecule has 0 radical (unpaired) electrons. The highest BCUT2D eigenvalue weighted by atomic mass is 16.5. The highest BCUT2D eigenvalue weighted by molar-refractivity contribution is 6.23.